The lowest BCUT2D eigenvalue weighted by Crippen LogP contribution is -2.20. The van der Waals surface area contributed by atoms with Crippen molar-refractivity contribution in [3.8, 4) is 0 Å². The molecule has 0 unspecified atom stereocenters. The summed E-state index contributed by atoms with van der Waals surface area (Å²) in [7, 11) is 0. The highest BCUT2D eigenvalue weighted by atomic mass is 79.9. The van der Waals surface area contributed by atoms with Gasteiger partial charge in [0.2, 0.25) is 0 Å². The van der Waals surface area contributed by atoms with Crippen molar-refractivity contribution < 1.29 is 5.11 Å². The molecule has 10 heavy (non-hydrogen) atoms. The standard InChI is InChI=1S/C8H15BrO/c9-8(6-10)7-4-2-1-3-5-7/h7-8,10H,1-6H2/t8-/m0/s1. The van der Waals surface area contributed by atoms with Crippen LogP contribution in [0, 0.1) is 5.92 Å². The van der Waals surface area contributed by atoms with E-state index in [-0.39, 0.29) is 0 Å². The zero-order chi connectivity index (χ0) is 7.40. The Hall–Kier alpha value is 0.440. The van der Waals surface area contributed by atoms with Gasteiger partial charge in [-0.3, -0.25) is 0 Å². The van der Waals surface area contributed by atoms with E-state index in [0.29, 0.717) is 11.4 Å². The van der Waals surface area contributed by atoms with Crippen LogP contribution < -0.4 is 0 Å². The molecule has 0 amide bonds. The van der Waals surface area contributed by atoms with Crippen LogP contribution in [0.3, 0.4) is 0 Å². The van der Waals surface area contributed by atoms with Gasteiger partial charge in [-0.15, -0.1) is 0 Å². The summed E-state index contributed by atoms with van der Waals surface area (Å²) >= 11 is 3.49. The topological polar surface area (TPSA) is 20.2 Å². The molecule has 2 heteroatoms. The Kier molecular flexibility index (Phi) is 3.71. The minimum absolute atomic E-state index is 0.296. The van der Waals surface area contributed by atoms with Crippen molar-refractivity contribution in [2.45, 2.75) is 36.9 Å². The fraction of sp³-hybridized carbons (Fsp3) is 1.00. The second-order valence-electron chi connectivity index (χ2n) is 3.10. The number of aliphatic hydroxyl groups excluding tert-OH is 1. The Morgan fingerprint density at radius 3 is 2.40 bits per heavy atom. The van der Waals surface area contributed by atoms with Crippen molar-refractivity contribution in [1.29, 1.82) is 0 Å². The molecule has 0 heterocycles. The van der Waals surface area contributed by atoms with Crippen LogP contribution in [-0.2, 0) is 0 Å². The minimum atomic E-state index is 0.296. The smallest absolute Gasteiger partial charge is 0.0559 e. The van der Waals surface area contributed by atoms with E-state index >= 15 is 0 Å². The average molecular weight is 207 g/mol. The summed E-state index contributed by atoms with van der Waals surface area (Å²) in [6, 6.07) is 0. The van der Waals surface area contributed by atoms with Crippen molar-refractivity contribution in [3.63, 3.8) is 0 Å². The molecule has 0 aromatic heterocycles. The van der Waals surface area contributed by atoms with Crippen LogP contribution >= 0.6 is 15.9 Å². The third kappa shape index (κ3) is 2.24. The molecule has 0 spiro atoms. The van der Waals surface area contributed by atoms with Gasteiger partial charge in [0, 0.05) is 4.83 Å². The average Bonchev–Trinajstić information content (AvgIpc) is 2.05. The molecule has 1 N–H and O–H groups in total. The van der Waals surface area contributed by atoms with Crippen molar-refractivity contribution in [2.24, 2.45) is 5.92 Å². The van der Waals surface area contributed by atoms with Crippen LogP contribution in [0.5, 0.6) is 0 Å². The normalized spacial score (nSPS) is 24.6. The molecular weight excluding hydrogens is 192 g/mol. The molecule has 0 aromatic rings. The van der Waals surface area contributed by atoms with E-state index in [1.165, 1.54) is 32.1 Å². The van der Waals surface area contributed by atoms with E-state index in [2.05, 4.69) is 15.9 Å². The SMILES string of the molecule is OC[C@H](Br)C1CCCCC1. The van der Waals surface area contributed by atoms with E-state index in [9.17, 15) is 0 Å². The third-order valence-corrected chi connectivity index (χ3v) is 3.37. The fourth-order valence-corrected chi connectivity index (χ4v) is 2.17. The molecule has 1 rings (SSSR count). The van der Waals surface area contributed by atoms with Gasteiger partial charge in [0.25, 0.3) is 0 Å². The lowest BCUT2D eigenvalue weighted by Gasteiger charge is -2.24. The number of aliphatic hydroxyl groups is 1. The predicted octanol–water partition coefficient (Wildman–Crippen LogP) is 2.32. The molecule has 1 nitrogen and oxygen atoms in total. The fourth-order valence-electron chi connectivity index (χ4n) is 1.64. The molecular formula is C8H15BrO. The maximum absolute atomic E-state index is 8.84. The second kappa shape index (κ2) is 4.35. The molecule has 1 aliphatic carbocycles. The van der Waals surface area contributed by atoms with E-state index in [4.69, 9.17) is 5.11 Å². The number of halogens is 1. The van der Waals surface area contributed by atoms with E-state index in [1.807, 2.05) is 0 Å². The lowest BCUT2D eigenvalue weighted by atomic mass is 9.87. The van der Waals surface area contributed by atoms with Gasteiger partial charge in [-0.2, -0.15) is 0 Å². The Morgan fingerprint density at radius 2 is 1.90 bits per heavy atom. The first kappa shape index (κ1) is 8.54. The quantitative estimate of drug-likeness (QED) is 0.689. The maximum Gasteiger partial charge on any atom is 0.0559 e. The summed E-state index contributed by atoms with van der Waals surface area (Å²) in [4.78, 5) is 0.354. The highest BCUT2D eigenvalue weighted by molar-refractivity contribution is 9.09. The van der Waals surface area contributed by atoms with Gasteiger partial charge in [0.1, 0.15) is 0 Å². The molecule has 1 fully saturated rings. The number of hydrogen-bond donors (Lipinski definition) is 1. The highest BCUT2D eigenvalue weighted by Gasteiger charge is 2.19. The second-order valence-corrected chi connectivity index (χ2v) is 4.27. The zero-order valence-electron chi connectivity index (χ0n) is 6.22. The van der Waals surface area contributed by atoms with E-state index in [1.54, 1.807) is 0 Å². The number of hydrogen-bond acceptors (Lipinski definition) is 1. The summed E-state index contributed by atoms with van der Waals surface area (Å²) in [5.74, 6) is 0.735. The van der Waals surface area contributed by atoms with Crippen molar-refractivity contribution in [1.82, 2.24) is 0 Å². The maximum atomic E-state index is 8.84. The lowest BCUT2D eigenvalue weighted by molar-refractivity contribution is 0.241. The van der Waals surface area contributed by atoms with Crippen molar-refractivity contribution in [3.05, 3.63) is 0 Å². The monoisotopic (exact) mass is 206 g/mol. The number of alkyl halides is 1. The largest absolute Gasteiger partial charge is 0.395 e. The van der Waals surface area contributed by atoms with Gasteiger partial charge < -0.3 is 5.11 Å². The summed E-state index contributed by atoms with van der Waals surface area (Å²) < 4.78 is 0. The van der Waals surface area contributed by atoms with Crippen LogP contribution in [0.2, 0.25) is 0 Å². The summed E-state index contributed by atoms with van der Waals surface area (Å²) in [6.45, 7) is 0.296. The van der Waals surface area contributed by atoms with Gasteiger partial charge in [0.15, 0.2) is 0 Å². The number of rotatable bonds is 2. The zero-order valence-corrected chi connectivity index (χ0v) is 7.81. The summed E-state index contributed by atoms with van der Waals surface area (Å²) in [6.07, 6.45) is 6.70. The molecule has 1 saturated carbocycles. The van der Waals surface area contributed by atoms with Gasteiger partial charge in [-0.1, -0.05) is 35.2 Å². The Bertz CT molecular complexity index is 89.3. The molecule has 1 aliphatic rings. The first-order valence-corrected chi connectivity index (χ1v) is 5.01. The van der Waals surface area contributed by atoms with Gasteiger partial charge >= 0.3 is 0 Å². The molecule has 0 radical (unpaired) electrons. The molecule has 0 aliphatic heterocycles. The van der Waals surface area contributed by atoms with Crippen LogP contribution in [-0.4, -0.2) is 16.5 Å². The van der Waals surface area contributed by atoms with Crippen LogP contribution in [0.25, 0.3) is 0 Å². The summed E-state index contributed by atoms with van der Waals surface area (Å²) in [5, 5.41) is 8.84. The summed E-state index contributed by atoms with van der Waals surface area (Å²) in [5.41, 5.74) is 0. The van der Waals surface area contributed by atoms with Gasteiger partial charge in [0.05, 0.1) is 6.61 Å². The first-order valence-electron chi connectivity index (χ1n) is 4.09. The highest BCUT2D eigenvalue weighted by Crippen LogP contribution is 2.29. The molecule has 0 aromatic carbocycles. The van der Waals surface area contributed by atoms with Crippen molar-refractivity contribution in [2.75, 3.05) is 6.61 Å². The van der Waals surface area contributed by atoms with Crippen molar-refractivity contribution >= 4 is 15.9 Å². The van der Waals surface area contributed by atoms with E-state index in [0.717, 1.165) is 5.92 Å². The van der Waals surface area contributed by atoms with Gasteiger partial charge in [-0.25, -0.2) is 0 Å². The van der Waals surface area contributed by atoms with E-state index < -0.39 is 0 Å². The molecule has 0 bridgehead atoms. The first-order chi connectivity index (χ1) is 4.84. The van der Waals surface area contributed by atoms with Crippen LogP contribution in [0.1, 0.15) is 32.1 Å². The molecule has 0 saturated heterocycles. The molecule has 60 valence electrons. The van der Waals surface area contributed by atoms with Crippen LogP contribution in [0.15, 0.2) is 0 Å². The van der Waals surface area contributed by atoms with Gasteiger partial charge in [-0.05, 0) is 18.8 Å². The Morgan fingerprint density at radius 1 is 1.30 bits per heavy atom. The Labute approximate surface area is 70.9 Å². The minimum Gasteiger partial charge on any atom is -0.395 e. The molecule has 1 atom stereocenters. The van der Waals surface area contributed by atoms with Crippen LogP contribution in [0.4, 0.5) is 0 Å². The Balaban J connectivity index is 2.24. The predicted molar refractivity (Wildman–Crippen MR) is 46.4 cm³/mol. The third-order valence-electron chi connectivity index (χ3n) is 2.34.